The van der Waals surface area contributed by atoms with Crippen LogP contribution < -0.4 is 4.74 Å². The molecule has 1 aromatic carbocycles. The Balaban J connectivity index is 1.06. The Hall–Kier alpha value is -2.07. The molecule has 25 atom stereocenters. The number of hydrogen-bond donors (Lipinski definition) is 15. The maximum absolute atomic E-state index is 11.3. The zero-order valence-corrected chi connectivity index (χ0v) is 41.8. The molecule has 0 saturated carbocycles. The Kier molecular flexibility index (Phi) is 20.4. The minimum atomic E-state index is -2.41. The molecule has 0 spiro atoms. The number of ether oxygens (including phenoxy) is 10. The third-order valence-electron chi connectivity index (χ3n) is 13.9. The molecule has 5 aliphatic rings. The molecule has 5 fully saturated rings. The predicted molar refractivity (Wildman–Crippen MR) is 239 cm³/mol. The van der Waals surface area contributed by atoms with Crippen molar-refractivity contribution >= 4 is 25.6 Å². The van der Waals surface area contributed by atoms with Crippen LogP contribution in [0.15, 0.2) is 18.2 Å². The van der Waals surface area contributed by atoms with Crippen molar-refractivity contribution in [1.29, 1.82) is 0 Å². The summed E-state index contributed by atoms with van der Waals surface area (Å²) in [6.07, 6.45) is -46.1. The first-order valence-electron chi connectivity index (χ1n) is 23.3. The van der Waals surface area contributed by atoms with Gasteiger partial charge in [-0.25, -0.2) is 0 Å². The lowest BCUT2D eigenvalue weighted by atomic mass is 9.95. The highest BCUT2D eigenvalue weighted by Crippen LogP contribution is 2.39. The monoisotopic (exact) mass is 1100 g/mol. The van der Waals surface area contributed by atoms with Gasteiger partial charge in [-0.1, -0.05) is 32.4 Å². The average Bonchev–Trinajstić information content (AvgIpc) is 3.34. The largest absolute Gasteiger partial charge is 0.460 e. The van der Waals surface area contributed by atoms with Crippen LogP contribution in [0.2, 0.25) is 23.2 Å². The number of nitro benzene ring substituents is 1. The fourth-order valence-electron chi connectivity index (χ4n) is 8.43. The minimum Gasteiger partial charge on any atom is -0.460 e. The van der Waals surface area contributed by atoms with E-state index in [0.29, 0.717) is 0 Å². The van der Waals surface area contributed by atoms with Gasteiger partial charge in [-0.3, -0.25) is 10.1 Å². The van der Waals surface area contributed by atoms with Crippen molar-refractivity contribution in [2.24, 2.45) is 0 Å². The molecule has 73 heavy (non-hydrogen) atoms. The molecular weight excluding hydrogens is 1030 g/mol. The SMILES string of the molecule is CC(C)(C)[Si](C)(C)OC[C@H]1O[C@H](O[C@H]2[C@H](O)[C@@H](O)[C@@H](O[C@H]3[C@H](O)[C@@H](O)[C@@H](O[C@H]4[C@H](O)[C@@H](O)[C@@H](O[C@H]5[C@H](O)[C@@H](O)[C@H](Oc6ccc([N+](=O)[O-])cc6Cl)O[C@@H]5CO)O[C@@H]4CO)O[C@@H]3CO)O[C@@H]2CO)[C@H](O)[C@@H](O)[C@@H]1O. The number of rotatable bonds is 18. The van der Waals surface area contributed by atoms with Crippen LogP contribution in [-0.2, 0) is 47.1 Å². The van der Waals surface area contributed by atoms with E-state index in [1.54, 1.807) is 0 Å². The Labute approximate surface area is 422 Å². The molecule has 29 nitrogen and oxygen atoms in total. The van der Waals surface area contributed by atoms with Gasteiger partial charge >= 0.3 is 0 Å². The van der Waals surface area contributed by atoms with Gasteiger partial charge in [0, 0.05) is 12.1 Å². The summed E-state index contributed by atoms with van der Waals surface area (Å²) in [4.78, 5) is 10.4. The van der Waals surface area contributed by atoms with E-state index in [4.69, 9.17) is 63.4 Å². The van der Waals surface area contributed by atoms with Gasteiger partial charge in [0.1, 0.15) is 128 Å². The van der Waals surface area contributed by atoms with Gasteiger partial charge in [0.25, 0.3) is 5.69 Å². The molecule has 0 unspecified atom stereocenters. The van der Waals surface area contributed by atoms with Gasteiger partial charge in [-0.2, -0.15) is 0 Å². The van der Waals surface area contributed by atoms with E-state index in [2.05, 4.69) is 0 Å². The van der Waals surface area contributed by atoms with E-state index in [1.807, 2.05) is 33.9 Å². The summed E-state index contributed by atoms with van der Waals surface area (Å²) >= 11 is 6.08. The second kappa shape index (κ2) is 24.7. The van der Waals surface area contributed by atoms with E-state index < -0.39 is 193 Å². The number of nitro groups is 1. The molecular formula is C42H68ClNO28Si. The van der Waals surface area contributed by atoms with Gasteiger partial charge in [0.2, 0.25) is 6.29 Å². The molecule has 0 amide bonds. The number of aliphatic hydroxyl groups is 15. The predicted octanol–water partition coefficient (Wildman–Crippen LogP) is -6.25. The van der Waals surface area contributed by atoms with E-state index in [-0.39, 0.29) is 28.1 Å². The van der Waals surface area contributed by atoms with Crippen LogP contribution >= 0.6 is 11.6 Å². The Morgan fingerprint density at radius 1 is 0.534 bits per heavy atom. The van der Waals surface area contributed by atoms with Gasteiger partial charge in [0.05, 0.1) is 43.0 Å². The van der Waals surface area contributed by atoms with Crippen LogP contribution in [0.1, 0.15) is 20.8 Å². The molecule has 420 valence electrons. The number of hydrogen-bond acceptors (Lipinski definition) is 28. The first kappa shape index (κ1) is 60.2. The molecule has 5 heterocycles. The number of nitrogens with zero attached hydrogens (tertiary/aromatic N) is 1. The summed E-state index contributed by atoms with van der Waals surface area (Å²) < 4.78 is 62.9. The lowest BCUT2D eigenvalue weighted by Gasteiger charge is -2.49. The molecule has 1 aromatic rings. The van der Waals surface area contributed by atoms with Crippen LogP contribution in [0.5, 0.6) is 5.75 Å². The molecule has 0 bridgehead atoms. The van der Waals surface area contributed by atoms with Crippen molar-refractivity contribution in [2.75, 3.05) is 33.0 Å². The normalized spacial score (nSPS) is 43.9. The van der Waals surface area contributed by atoms with Crippen LogP contribution in [0, 0.1) is 10.1 Å². The van der Waals surface area contributed by atoms with Crippen molar-refractivity contribution in [1.82, 2.24) is 0 Å². The first-order valence-corrected chi connectivity index (χ1v) is 26.5. The molecule has 0 radical (unpaired) electrons. The molecule has 5 aliphatic heterocycles. The zero-order valence-electron chi connectivity index (χ0n) is 40.0. The third kappa shape index (κ3) is 12.9. The lowest BCUT2D eigenvalue weighted by molar-refractivity contribution is -0.392. The topological polar surface area (TPSA) is 448 Å². The van der Waals surface area contributed by atoms with Crippen LogP contribution in [-0.4, -0.2) is 276 Å². The van der Waals surface area contributed by atoms with Gasteiger partial charge < -0.3 is 128 Å². The van der Waals surface area contributed by atoms with Crippen molar-refractivity contribution < 1.29 is 133 Å². The second-order valence-corrected chi connectivity index (χ2v) is 25.0. The average molecular weight is 1100 g/mol. The molecule has 6 rings (SSSR count). The molecule has 0 aromatic heterocycles. The summed E-state index contributed by atoms with van der Waals surface area (Å²) in [5.74, 6) is -0.205. The first-order chi connectivity index (χ1) is 34.2. The molecule has 31 heteroatoms. The zero-order chi connectivity index (χ0) is 54.2. The van der Waals surface area contributed by atoms with E-state index >= 15 is 0 Å². The molecule has 0 aliphatic carbocycles. The highest BCUT2D eigenvalue weighted by atomic mass is 35.5. The Morgan fingerprint density at radius 2 is 0.863 bits per heavy atom. The highest BCUT2D eigenvalue weighted by molar-refractivity contribution is 6.74. The smallest absolute Gasteiger partial charge is 0.271 e. The van der Waals surface area contributed by atoms with E-state index in [0.717, 1.165) is 18.2 Å². The third-order valence-corrected chi connectivity index (χ3v) is 18.7. The number of aliphatic hydroxyl groups excluding tert-OH is 15. The van der Waals surface area contributed by atoms with Crippen LogP contribution in [0.25, 0.3) is 0 Å². The fraction of sp³-hybridized carbons (Fsp3) is 0.857. The van der Waals surface area contributed by atoms with Crippen molar-refractivity contribution in [3.8, 4) is 5.75 Å². The molecule has 5 saturated heterocycles. The minimum absolute atomic E-state index is 0.205. The standard InChI is InChI=1S/C42H68ClNO28Si/c1-42(2,3)73(4,5)62-13-21-22(49)23(50)28(55)38(68-21)69-34-18(10-46)65-40(30(57)25(34)52)71-36-20(12-48)67-41(32(59)27(36)54)72-35-19(11-47)66-39(31(58)26(35)53)70-33-17(9-45)64-37(29(56)24(33)51)63-16-7-6-14(44(60)61)8-15(16)43/h6-8,17-41,45-59H,9-13H2,1-5H3/t17-,18-,19-,20-,21-,22-,23+,24-,25-,26-,27-,28-,29-,30-,31-,32-,33-,34-,35-,36-,37-,38-,39-,40-,41-/m1/s1. The highest BCUT2D eigenvalue weighted by Gasteiger charge is 2.57. The van der Waals surface area contributed by atoms with E-state index in [1.165, 1.54) is 0 Å². The second-order valence-electron chi connectivity index (χ2n) is 19.8. The van der Waals surface area contributed by atoms with E-state index in [9.17, 15) is 86.7 Å². The van der Waals surface area contributed by atoms with Gasteiger partial charge in [-0.05, 0) is 24.2 Å². The van der Waals surface area contributed by atoms with Crippen LogP contribution in [0.4, 0.5) is 5.69 Å². The van der Waals surface area contributed by atoms with Crippen molar-refractivity contribution in [2.45, 2.75) is 192 Å². The maximum atomic E-state index is 11.3. The summed E-state index contributed by atoms with van der Waals surface area (Å²) in [6, 6.07) is 3.11. The lowest BCUT2D eigenvalue weighted by Crippen LogP contribution is -2.68. The summed E-state index contributed by atoms with van der Waals surface area (Å²) in [7, 11) is -2.41. The molecule has 15 N–H and O–H groups in total. The number of halogens is 1. The summed E-state index contributed by atoms with van der Waals surface area (Å²) in [6.45, 7) is 5.77. The summed E-state index contributed by atoms with van der Waals surface area (Å²) in [5.41, 5.74) is -0.380. The number of non-ortho nitro benzene ring substituents is 1. The van der Waals surface area contributed by atoms with Crippen molar-refractivity contribution in [3.63, 3.8) is 0 Å². The Bertz CT molecular complexity index is 1940. The van der Waals surface area contributed by atoms with Gasteiger partial charge in [0.15, 0.2) is 33.5 Å². The Morgan fingerprint density at radius 3 is 1.19 bits per heavy atom. The number of benzene rings is 1. The van der Waals surface area contributed by atoms with Crippen LogP contribution in [0.3, 0.4) is 0 Å². The maximum Gasteiger partial charge on any atom is 0.271 e. The summed E-state index contributed by atoms with van der Waals surface area (Å²) in [5, 5.41) is 173. The van der Waals surface area contributed by atoms with Crippen molar-refractivity contribution in [3.05, 3.63) is 33.3 Å². The van der Waals surface area contributed by atoms with Gasteiger partial charge in [-0.15, -0.1) is 0 Å². The quantitative estimate of drug-likeness (QED) is 0.0369. The fourth-order valence-corrected chi connectivity index (χ4v) is 9.67.